The first-order valence-electron chi connectivity index (χ1n) is 17.0. The molecule has 242 valence electrons. The normalized spacial score (nSPS) is 44.3. The molecule has 44 heavy (non-hydrogen) atoms. The summed E-state index contributed by atoms with van der Waals surface area (Å²) in [5.41, 5.74) is 1.17. The molecule has 0 aliphatic heterocycles. The van der Waals surface area contributed by atoms with Crippen LogP contribution in [0.1, 0.15) is 112 Å². The second kappa shape index (κ2) is 10.1. The first kappa shape index (κ1) is 31.6. The Hall–Kier alpha value is -2.34. The molecule has 3 N–H and O–H groups in total. The van der Waals surface area contributed by atoms with E-state index in [9.17, 15) is 19.8 Å². The number of carbonyl (C=O) groups is 2. The average molecular weight is 606 g/mol. The lowest BCUT2D eigenvalue weighted by Crippen LogP contribution is -2.66. The van der Waals surface area contributed by atoms with Gasteiger partial charge in [0.1, 0.15) is 0 Å². The van der Waals surface area contributed by atoms with Crippen molar-refractivity contribution in [2.24, 2.45) is 50.2 Å². The smallest absolute Gasteiger partial charge is 0.226 e. The van der Waals surface area contributed by atoms with Crippen molar-refractivity contribution >= 4 is 11.7 Å². The van der Waals surface area contributed by atoms with Gasteiger partial charge in [0, 0.05) is 17.9 Å². The van der Waals surface area contributed by atoms with E-state index >= 15 is 0 Å². The van der Waals surface area contributed by atoms with Gasteiger partial charge in [0.25, 0.3) is 0 Å². The second-order valence-corrected chi connectivity index (χ2v) is 17.3. The Labute approximate surface area is 264 Å². The number of methoxy groups -OCH3 is 1. The van der Waals surface area contributed by atoms with E-state index in [1.54, 1.807) is 12.1 Å². The minimum absolute atomic E-state index is 0.0424. The Bertz CT molecular complexity index is 1400. The maximum atomic E-state index is 14.5. The number of aliphatic hydroxyl groups is 1. The molecule has 5 aliphatic carbocycles. The van der Waals surface area contributed by atoms with Crippen LogP contribution in [0.15, 0.2) is 29.8 Å². The average Bonchev–Trinajstić information content (AvgIpc) is 2.96. The summed E-state index contributed by atoms with van der Waals surface area (Å²) in [6.45, 7) is 16.6. The molecule has 6 heteroatoms. The molecule has 0 saturated heterocycles. The summed E-state index contributed by atoms with van der Waals surface area (Å²) in [6.07, 6.45) is 10.2. The van der Waals surface area contributed by atoms with Crippen LogP contribution in [0.25, 0.3) is 0 Å². The SMILES string of the molecule is COc1cc(CNC(=O)[C@@]2(C)CC[C@]3(C)CC[C@]4(C)C(=CC(=O)[C@@H]5[C@@]6(C)CC[C@H](O)C(C)(C)[C@@H]6CC[C@]54C)[C@@H]3C2)ccc1O. The minimum Gasteiger partial charge on any atom is -0.504 e. The number of ether oxygens (including phenoxy) is 1. The number of phenols is 1. The van der Waals surface area contributed by atoms with Crippen LogP contribution < -0.4 is 10.1 Å². The van der Waals surface area contributed by atoms with Crippen molar-refractivity contribution in [1.82, 2.24) is 5.32 Å². The van der Waals surface area contributed by atoms with Crippen molar-refractivity contribution in [1.29, 1.82) is 0 Å². The van der Waals surface area contributed by atoms with E-state index in [1.807, 2.05) is 6.07 Å². The lowest BCUT2D eigenvalue weighted by molar-refractivity contribution is -0.202. The van der Waals surface area contributed by atoms with Gasteiger partial charge in [-0.2, -0.15) is 0 Å². The molecule has 1 aromatic carbocycles. The minimum atomic E-state index is -0.530. The van der Waals surface area contributed by atoms with E-state index in [2.05, 4.69) is 59.9 Å². The Balaban J connectivity index is 1.30. The number of rotatable bonds is 4. The molecule has 4 fully saturated rings. The molecule has 0 unspecified atom stereocenters. The molecule has 6 rings (SSSR count). The third-order valence-electron chi connectivity index (χ3n) is 14.8. The monoisotopic (exact) mass is 605 g/mol. The van der Waals surface area contributed by atoms with E-state index in [1.165, 1.54) is 12.7 Å². The molecule has 1 amide bonds. The molecule has 1 aromatic rings. The summed E-state index contributed by atoms with van der Waals surface area (Å²) in [6, 6.07) is 5.17. The number of aliphatic hydroxyl groups excluding tert-OH is 1. The van der Waals surface area contributed by atoms with E-state index in [-0.39, 0.29) is 56.7 Å². The topological polar surface area (TPSA) is 95.9 Å². The Kier molecular flexibility index (Phi) is 7.25. The molecule has 6 nitrogen and oxygen atoms in total. The maximum Gasteiger partial charge on any atom is 0.226 e. The standard InChI is InChI=1S/C38H55NO5/c1-33(2)29-11-14-38(7)31(36(29,5)13-12-30(33)42)27(41)20-24-25-21-35(4,16-15-34(25,3)17-18-37(24,38)6)32(43)39-22-23-9-10-26(40)28(19-23)44-8/h9-10,19-20,25,29-31,40,42H,11-18,21-22H2,1-8H3,(H,39,43)/t25-,29-,30-,31+,34+,35-,36-,37+,38+/m0/s1. The number of amides is 1. The van der Waals surface area contributed by atoms with Crippen molar-refractivity contribution in [3.63, 3.8) is 0 Å². The van der Waals surface area contributed by atoms with Gasteiger partial charge in [-0.3, -0.25) is 9.59 Å². The molecule has 9 atom stereocenters. The van der Waals surface area contributed by atoms with Gasteiger partial charge in [-0.05, 0) is 120 Å². The zero-order chi connectivity index (χ0) is 32.1. The summed E-state index contributed by atoms with van der Waals surface area (Å²) < 4.78 is 5.26. The first-order chi connectivity index (χ1) is 20.4. The van der Waals surface area contributed by atoms with Crippen LogP contribution in [0.2, 0.25) is 0 Å². The second-order valence-electron chi connectivity index (χ2n) is 17.3. The van der Waals surface area contributed by atoms with Gasteiger partial charge in [-0.15, -0.1) is 0 Å². The number of hydrogen-bond donors (Lipinski definition) is 3. The van der Waals surface area contributed by atoms with Crippen LogP contribution in [0.5, 0.6) is 11.5 Å². The lowest BCUT2D eigenvalue weighted by Gasteiger charge is -2.70. The van der Waals surface area contributed by atoms with Gasteiger partial charge in [-0.25, -0.2) is 0 Å². The van der Waals surface area contributed by atoms with Crippen molar-refractivity contribution in [3.8, 4) is 11.5 Å². The third-order valence-corrected chi connectivity index (χ3v) is 14.8. The Morgan fingerprint density at radius 3 is 2.39 bits per heavy atom. The lowest BCUT2D eigenvalue weighted by atomic mass is 9.33. The number of phenolic OH excluding ortho intramolecular Hbond substituents is 1. The van der Waals surface area contributed by atoms with Crippen LogP contribution in [0.3, 0.4) is 0 Å². The van der Waals surface area contributed by atoms with Crippen molar-refractivity contribution in [2.75, 3.05) is 7.11 Å². The molecule has 0 aromatic heterocycles. The highest BCUT2D eigenvalue weighted by molar-refractivity contribution is 5.95. The molecule has 5 aliphatic rings. The number of ketones is 1. The molecular weight excluding hydrogens is 550 g/mol. The summed E-state index contributed by atoms with van der Waals surface area (Å²) >= 11 is 0. The van der Waals surface area contributed by atoms with Gasteiger partial charge >= 0.3 is 0 Å². The van der Waals surface area contributed by atoms with E-state index in [0.29, 0.717) is 24.0 Å². The molecule has 0 heterocycles. The highest BCUT2D eigenvalue weighted by atomic mass is 16.5. The van der Waals surface area contributed by atoms with Crippen LogP contribution in [0.4, 0.5) is 0 Å². The van der Waals surface area contributed by atoms with Gasteiger partial charge in [0.05, 0.1) is 13.2 Å². The number of aromatic hydroxyl groups is 1. The number of fused-ring (bicyclic) bond motifs is 7. The number of allylic oxidation sites excluding steroid dienone is 2. The number of hydrogen-bond acceptors (Lipinski definition) is 5. The first-order valence-corrected chi connectivity index (χ1v) is 17.0. The van der Waals surface area contributed by atoms with Crippen molar-refractivity contribution in [3.05, 3.63) is 35.4 Å². The largest absolute Gasteiger partial charge is 0.504 e. The van der Waals surface area contributed by atoms with Gasteiger partial charge < -0.3 is 20.3 Å². The van der Waals surface area contributed by atoms with E-state index in [4.69, 9.17) is 4.74 Å². The van der Waals surface area contributed by atoms with Crippen molar-refractivity contribution in [2.45, 2.75) is 119 Å². The van der Waals surface area contributed by atoms with Crippen LogP contribution in [0, 0.1) is 50.2 Å². The summed E-state index contributed by atoms with van der Waals surface area (Å²) in [5, 5.41) is 24.2. The van der Waals surface area contributed by atoms with Gasteiger partial charge in [0.15, 0.2) is 17.3 Å². The fourth-order valence-corrected chi connectivity index (χ4v) is 11.6. The predicted octanol–water partition coefficient (Wildman–Crippen LogP) is 7.36. The number of benzene rings is 1. The van der Waals surface area contributed by atoms with Gasteiger partial charge in [0.2, 0.25) is 5.91 Å². The predicted molar refractivity (Wildman–Crippen MR) is 172 cm³/mol. The van der Waals surface area contributed by atoms with Crippen LogP contribution in [-0.4, -0.2) is 35.1 Å². The number of carbonyl (C=O) groups excluding carboxylic acids is 2. The maximum absolute atomic E-state index is 14.5. The quantitative estimate of drug-likeness (QED) is 0.333. The molecule has 0 bridgehead atoms. The van der Waals surface area contributed by atoms with Crippen molar-refractivity contribution < 1.29 is 24.5 Å². The van der Waals surface area contributed by atoms with Crippen LogP contribution in [-0.2, 0) is 16.1 Å². The molecular formula is C38H55NO5. The Morgan fingerprint density at radius 1 is 0.977 bits per heavy atom. The fourth-order valence-electron chi connectivity index (χ4n) is 11.6. The molecule has 0 spiro atoms. The van der Waals surface area contributed by atoms with Gasteiger partial charge in [-0.1, -0.05) is 60.1 Å². The summed E-state index contributed by atoms with van der Waals surface area (Å²) in [5.74, 6) is 1.30. The zero-order valence-corrected chi connectivity index (χ0v) is 28.3. The zero-order valence-electron chi connectivity index (χ0n) is 28.3. The number of nitrogens with one attached hydrogen (secondary N) is 1. The van der Waals surface area contributed by atoms with E-state index in [0.717, 1.165) is 63.4 Å². The summed E-state index contributed by atoms with van der Waals surface area (Å²) in [7, 11) is 1.52. The Morgan fingerprint density at radius 2 is 1.68 bits per heavy atom. The van der Waals surface area contributed by atoms with E-state index < -0.39 is 5.41 Å². The third kappa shape index (κ3) is 4.28. The fraction of sp³-hybridized carbons (Fsp3) is 0.737. The molecule has 4 saturated carbocycles. The molecule has 0 radical (unpaired) electrons. The highest BCUT2D eigenvalue weighted by Crippen LogP contribution is 2.75. The van der Waals surface area contributed by atoms with Crippen LogP contribution >= 0.6 is 0 Å². The highest BCUT2D eigenvalue weighted by Gasteiger charge is 2.70. The summed E-state index contributed by atoms with van der Waals surface area (Å²) in [4.78, 5) is 28.4.